The van der Waals surface area contributed by atoms with Crippen LogP contribution >= 0.6 is 0 Å². The average molecular weight is 282 g/mol. The molecule has 1 aliphatic heterocycles. The predicted octanol–water partition coefficient (Wildman–Crippen LogP) is 0.928. The molecule has 0 N–H and O–H groups in total. The summed E-state index contributed by atoms with van der Waals surface area (Å²) in [6.45, 7) is 4.01. The summed E-state index contributed by atoms with van der Waals surface area (Å²) in [7, 11) is -1.95. The van der Waals surface area contributed by atoms with Gasteiger partial charge in [0.2, 0.25) is 15.9 Å². The van der Waals surface area contributed by atoms with Crippen molar-refractivity contribution in [1.82, 2.24) is 9.21 Å². The van der Waals surface area contributed by atoms with Crippen LogP contribution in [0.15, 0.2) is 35.2 Å². The molecule has 0 radical (unpaired) electrons. The van der Waals surface area contributed by atoms with Gasteiger partial charge >= 0.3 is 0 Å². The lowest BCUT2D eigenvalue weighted by atomic mass is 10.0. The Hall–Kier alpha value is -1.40. The van der Waals surface area contributed by atoms with Crippen LogP contribution in [-0.2, 0) is 14.8 Å². The molecule has 0 unspecified atom stereocenters. The van der Waals surface area contributed by atoms with Gasteiger partial charge in [0.1, 0.15) is 5.54 Å². The first-order valence-electron chi connectivity index (χ1n) is 6.11. The lowest BCUT2D eigenvalue weighted by molar-refractivity contribution is -0.142. The van der Waals surface area contributed by atoms with Crippen LogP contribution in [0.2, 0.25) is 0 Å². The van der Waals surface area contributed by atoms with Gasteiger partial charge in [0.05, 0.1) is 4.90 Å². The topological polar surface area (TPSA) is 57.7 Å². The molecule has 1 aromatic rings. The van der Waals surface area contributed by atoms with Crippen molar-refractivity contribution in [1.29, 1.82) is 0 Å². The Balaban J connectivity index is 2.44. The third kappa shape index (κ3) is 2.26. The third-order valence-corrected chi connectivity index (χ3v) is 5.55. The highest BCUT2D eigenvalue weighted by molar-refractivity contribution is 7.89. The van der Waals surface area contributed by atoms with Crippen molar-refractivity contribution in [2.75, 3.05) is 20.1 Å². The summed E-state index contributed by atoms with van der Waals surface area (Å²) in [5.74, 6) is -0.182. The number of piperazine rings is 1. The first-order valence-corrected chi connectivity index (χ1v) is 7.55. The van der Waals surface area contributed by atoms with Crippen molar-refractivity contribution in [3.05, 3.63) is 30.3 Å². The van der Waals surface area contributed by atoms with Crippen molar-refractivity contribution in [3.63, 3.8) is 0 Å². The van der Waals surface area contributed by atoms with E-state index in [-0.39, 0.29) is 10.8 Å². The second-order valence-corrected chi connectivity index (χ2v) is 7.04. The maximum atomic E-state index is 12.6. The number of benzene rings is 1. The number of hydrogen-bond donors (Lipinski definition) is 0. The van der Waals surface area contributed by atoms with Crippen LogP contribution in [0.3, 0.4) is 0 Å². The number of likely N-dealkylation sites (N-methyl/N-ethyl adjacent to an activating group) is 1. The van der Waals surface area contributed by atoms with E-state index < -0.39 is 15.6 Å². The zero-order valence-corrected chi connectivity index (χ0v) is 12.1. The number of sulfonamides is 1. The number of carbonyl (C=O) groups excluding carboxylic acids is 1. The van der Waals surface area contributed by atoms with Crippen LogP contribution in [0.5, 0.6) is 0 Å². The largest absolute Gasteiger partial charge is 0.343 e. The van der Waals surface area contributed by atoms with Gasteiger partial charge in [0, 0.05) is 20.1 Å². The Kier molecular flexibility index (Phi) is 3.40. The van der Waals surface area contributed by atoms with Gasteiger partial charge in [0.15, 0.2) is 0 Å². The monoisotopic (exact) mass is 282 g/mol. The van der Waals surface area contributed by atoms with E-state index in [0.29, 0.717) is 13.1 Å². The first-order chi connectivity index (χ1) is 8.78. The number of carbonyl (C=O) groups is 1. The van der Waals surface area contributed by atoms with E-state index in [4.69, 9.17) is 0 Å². The minimum Gasteiger partial charge on any atom is -0.343 e. The van der Waals surface area contributed by atoms with E-state index >= 15 is 0 Å². The van der Waals surface area contributed by atoms with E-state index in [1.807, 2.05) is 0 Å². The van der Waals surface area contributed by atoms with E-state index in [0.717, 1.165) is 0 Å². The van der Waals surface area contributed by atoms with Gasteiger partial charge in [-0.25, -0.2) is 8.42 Å². The summed E-state index contributed by atoms with van der Waals surface area (Å²) in [6.07, 6.45) is 0. The van der Waals surface area contributed by atoms with Crippen molar-refractivity contribution in [3.8, 4) is 0 Å². The van der Waals surface area contributed by atoms with Crippen LogP contribution in [0.25, 0.3) is 0 Å². The fourth-order valence-electron chi connectivity index (χ4n) is 2.34. The molecule has 1 fully saturated rings. The molecule has 0 bridgehead atoms. The molecule has 0 spiro atoms. The molecule has 0 atom stereocenters. The second kappa shape index (κ2) is 4.61. The summed E-state index contributed by atoms with van der Waals surface area (Å²) in [5, 5.41) is 0. The quantitative estimate of drug-likeness (QED) is 0.811. The van der Waals surface area contributed by atoms with Gasteiger partial charge in [-0.1, -0.05) is 18.2 Å². The standard InChI is InChI=1S/C13H18N2O3S/c1-13(2)12(16)14(3)9-10-15(13)19(17,18)11-7-5-4-6-8-11/h4-8H,9-10H2,1-3H3. The fraction of sp³-hybridized carbons (Fsp3) is 0.462. The van der Waals surface area contributed by atoms with Crippen LogP contribution < -0.4 is 0 Å². The predicted molar refractivity (Wildman–Crippen MR) is 72.0 cm³/mol. The van der Waals surface area contributed by atoms with Crippen LogP contribution in [0, 0.1) is 0 Å². The molecule has 104 valence electrons. The molecular formula is C13H18N2O3S. The maximum absolute atomic E-state index is 12.6. The summed E-state index contributed by atoms with van der Waals surface area (Å²) in [5.41, 5.74) is -1.05. The van der Waals surface area contributed by atoms with Gasteiger partial charge in [-0.05, 0) is 26.0 Å². The van der Waals surface area contributed by atoms with Crippen molar-refractivity contribution in [2.45, 2.75) is 24.3 Å². The highest BCUT2D eigenvalue weighted by Gasteiger charge is 2.46. The Morgan fingerprint density at radius 1 is 1.11 bits per heavy atom. The minimum atomic E-state index is -3.64. The average Bonchev–Trinajstić information content (AvgIpc) is 2.37. The highest BCUT2D eigenvalue weighted by atomic mass is 32.2. The molecule has 1 aromatic carbocycles. The number of amides is 1. The molecule has 1 amide bonds. The SMILES string of the molecule is CN1CCN(S(=O)(=O)c2ccccc2)C(C)(C)C1=O. The number of rotatable bonds is 2. The Labute approximate surface area is 113 Å². The van der Waals surface area contributed by atoms with Gasteiger partial charge in [-0.2, -0.15) is 4.31 Å². The zero-order chi connectivity index (χ0) is 14.3. The minimum absolute atomic E-state index is 0.182. The first kappa shape index (κ1) is 14.0. The van der Waals surface area contributed by atoms with Crippen LogP contribution in [0.1, 0.15) is 13.8 Å². The molecule has 0 saturated carbocycles. The maximum Gasteiger partial charge on any atom is 0.244 e. The van der Waals surface area contributed by atoms with E-state index in [1.54, 1.807) is 56.1 Å². The molecule has 1 aliphatic rings. The van der Waals surface area contributed by atoms with Gasteiger partial charge in [-0.15, -0.1) is 0 Å². The number of hydrogen-bond acceptors (Lipinski definition) is 3. The Bertz CT molecular complexity index is 581. The molecule has 1 saturated heterocycles. The fourth-order valence-corrected chi connectivity index (χ4v) is 4.09. The highest BCUT2D eigenvalue weighted by Crippen LogP contribution is 2.28. The summed E-state index contributed by atoms with van der Waals surface area (Å²) >= 11 is 0. The van der Waals surface area contributed by atoms with Crippen LogP contribution in [-0.4, -0.2) is 49.2 Å². The van der Waals surface area contributed by atoms with E-state index in [2.05, 4.69) is 0 Å². The van der Waals surface area contributed by atoms with Crippen molar-refractivity contribution in [2.24, 2.45) is 0 Å². The van der Waals surface area contributed by atoms with Crippen molar-refractivity contribution < 1.29 is 13.2 Å². The Morgan fingerprint density at radius 2 is 1.68 bits per heavy atom. The molecule has 5 nitrogen and oxygen atoms in total. The smallest absolute Gasteiger partial charge is 0.244 e. The van der Waals surface area contributed by atoms with Gasteiger partial charge < -0.3 is 4.90 Å². The molecule has 2 rings (SSSR count). The molecule has 1 heterocycles. The lowest BCUT2D eigenvalue weighted by Gasteiger charge is -2.43. The zero-order valence-electron chi connectivity index (χ0n) is 11.3. The van der Waals surface area contributed by atoms with Crippen LogP contribution in [0.4, 0.5) is 0 Å². The number of nitrogens with zero attached hydrogens (tertiary/aromatic N) is 2. The summed E-state index contributed by atoms with van der Waals surface area (Å²) in [4.78, 5) is 13.9. The molecule has 0 aromatic heterocycles. The second-order valence-electron chi connectivity index (χ2n) is 5.18. The normalized spacial score (nSPS) is 20.6. The van der Waals surface area contributed by atoms with Crippen molar-refractivity contribution >= 4 is 15.9 Å². The summed E-state index contributed by atoms with van der Waals surface area (Å²) < 4.78 is 26.5. The summed E-state index contributed by atoms with van der Waals surface area (Å²) in [6, 6.07) is 8.22. The van der Waals surface area contributed by atoms with Gasteiger partial charge in [-0.3, -0.25) is 4.79 Å². The molecule has 19 heavy (non-hydrogen) atoms. The van der Waals surface area contributed by atoms with E-state index in [1.165, 1.54) is 4.31 Å². The lowest BCUT2D eigenvalue weighted by Crippen LogP contribution is -2.63. The molecule has 6 heteroatoms. The molecular weight excluding hydrogens is 264 g/mol. The molecule has 0 aliphatic carbocycles. The Morgan fingerprint density at radius 3 is 2.26 bits per heavy atom. The van der Waals surface area contributed by atoms with E-state index in [9.17, 15) is 13.2 Å². The third-order valence-electron chi connectivity index (χ3n) is 3.46. The van der Waals surface area contributed by atoms with Gasteiger partial charge in [0.25, 0.3) is 0 Å².